The Balaban J connectivity index is 1.94. The fourth-order valence-corrected chi connectivity index (χ4v) is 2.25. The zero-order chi connectivity index (χ0) is 13.5. The van der Waals surface area contributed by atoms with Crippen molar-refractivity contribution in [2.45, 2.75) is 19.4 Å². The van der Waals surface area contributed by atoms with E-state index in [1.54, 1.807) is 7.11 Å². The summed E-state index contributed by atoms with van der Waals surface area (Å²) in [5, 5.41) is 3.97. The summed E-state index contributed by atoms with van der Waals surface area (Å²) in [5.41, 5.74) is 1.10. The molecule has 19 heavy (non-hydrogen) atoms. The summed E-state index contributed by atoms with van der Waals surface area (Å²) in [7, 11) is 1.71. The minimum atomic E-state index is 0.619. The smallest absolute Gasteiger partial charge is 0.179 e. The molecule has 0 aliphatic carbocycles. The Morgan fingerprint density at radius 2 is 2.16 bits per heavy atom. The molecule has 1 aliphatic rings. The van der Waals surface area contributed by atoms with E-state index in [1.165, 1.54) is 0 Å². The molecule has 106 valence electrons. The molecule has 0 atom stereocenters. The van der Waals surface area contributed by atoms with Gasteiger partial charge in [-0.05, 0) is 30.7 Å². The Labute approximate surface area is 119 Å². The van der Waals surface area contributed by atoms with E-state index in [4.69, 9.17) is 25.8 Å². The SMILES string of the molecule is COCCCNCc1cc(Cl)c2c(c1)OCCCO2. The van der Waals surface area contributed by atoms with E-state index in [0.717, 1.165) is 43.9 Å². The van der Waals surface area contributed by atoms with Crippen molar-refractivity contribution in [1.29, 1.82) is 0 Å². The van der Waals surface area contributed by atoms with E-state index in [0.29, 0.717) is 24.0 Å². The molecule has 0 saturated carbocycles. The van der Waals surface area contributed by atoms with Crippen LogP contribution < -0.4 is 14.8 Å². The third-order valence-electron chi connectivity index (χ3n) is 2.89. The van der Waals surface area contributed by atoms with Crippen molar-refractivity contribution in [1.82, 2.24) is 5.32 Å². The highest BCUT2D eigenvalue weighted by Gasteiger charge is 2.15. The van der Waals surface area contributed by atoms with E-state index < -0.39 is 0 Å². The maximum atomic E-state index is 6.23. The summed E-state index contributed by atoms with van der Waals surface area (Å²) < 4.78 is 16.3. The van der Waals surface area contributed by atoms with Crippen molar-refractivity contribution in [3.63, 3.8) is 0 Å². The summed E-state index contributed by atoms with van der Waals surface area (Å²) in [6, 6.07) is 3.92. The van der Waals surface area contributed by atoms with Crippen LogP contribution in [0.4, 0.5) is 0 Å². The molecule has 0 unspecified atom stereocenters. The zero-order valence-corrected chi connectivity index (χ0v) is 12.0. The molecule has 1 N–H and O–H groups in total. The maximum absolute atomic E-state index is 6.23. The lowest BCUT2D eigenvalue weighted by Gasteiger charge is -2.12. The first-order valence-corrected chi connectivity index (χ1v) is 6.96. The first-order chi connectivity index (χ1) is 9.31. The van der Waals surface area contributed by atoms with Gasteiger partial charge in [-0.1, -0.05) is 11.6 Å². The van der Waals surface area contributed by atoms with Gasteiger partial charge in [0.1, 0.15) is 0 Å². The van der Waals surface area contributed by atoms with Gasteiger partial charge in [0.05, 0.1) is 18.2 Å². The predicted molar refractivity (Wildman–Crippen MR) is 75.3 cm³/mol. The lowest BCUT2D eigenvalue weighted by Crippen LogP contribution is -2.16. The fraction of sp³-hybridized carbons (Fsp3) is 0.571. The molecule has 1 aliphatic heterocycles. The summed E-state index contributed by atoms with van der Waals surface area (Å²) in [5.74, 6) is 1.42. The molecular weight excluding hydrogens is 266 g/mol. The van der Waals surface area contributed by atoms with Crippen molar-refractivity contribution in [2.24, 2.45) is 0 Å². The summed E-state index contributed by atoms with van der Waals surface area (Å²) >= 11 is 6.23. The number of benzene rings is 1. The highest BCUT2D eigenvalue weighted by Crippen LogP contribution is 2.37. The van der Waals surface area contributed by atoms with Gasteiger partial charge in [-0.2, -0.15) is 0 Å². The maximum Gasteiger partial charge on any atom is 0.179 e. The second-order valence-corrected chi connectivity index (χ2v) is 4.89. The van der Waals surface area contributed by atoms with Gasteiger partial charge in [0, 0.05) is 26.7 Å². The molecular formula is C14H20ClNO3. The molecule has 0 radical (unpaired) electrons. The van der Waals surface area contributed by atoms with Gasteiger partial charge in [-0.3, -0.25) is 0 Å². The lowest BCUT2D eigenvalue weighted by molar-refractivity contribution is 0.194. The van der Waals surface area contributed by atoms with Gasteiger partial charge in [-0.15, -0.1) is 0 Å². The van der Waals surface area contributed by atoms with Gasteiger partial charge in [0.25, 0.3) is 0 Å². The molecule has 0 saturated heterocycles. The number of methoxy groups -OCH3 is 1. The summed E-state index contributed by atoms with van der Waals surface area (Å²) in [6.45, 7) is 3.78. The van der Waals surface area contributed by atoms with Crippen LogP contribution in [0.1, 0.15) is 18.4 Å². The molecule has 0 amide bonds. The largest absolute Gasteiger partial charge is 0.489 e. The highest BCUT2D eigenvalue weighted by atomic mass is 35.5. The van der Waals surface area contributed by atoms with Gasteiger partial charge >= 0.3 is 0 Å². The summed E-state index contributed by atoms with van der Waals surface area (Å²) in [6.07, 6.45) is 1.88. The van der Waals surface area contributed by atoms with Crippen molar-refractivity contribution in [3.8, 4) is 11.5 Å². The van der Waals surface area contributed by atoms with Gasteiger partial charge in [0.15, 0.2) is 11.5 Å². The van der Waals surface area contributed by atoms with Crippen LogP contribution in [-0.4, -0.2) is 33.5 Å². The van der Waals surface area contributed by atoms with Crippen LogP contribution in [-0.2, 0) is 11.3 Å². The number of hydrogen-bond acceptors (Lipinski definition) is 4. The quantitative estimate of drug-likeness (QED) is 0.816. The first kappa shape index (κ1) is 14.4. The van der Waals surface area contributed by atoms with Crippen LogP contribution in [0.25, 0.3) is 0 Å². The average Bonchev–Trinajstić information content (AvgIpc) is 2.64. The van der Waals surface area contributed by atoms with Crippen molar-refractivity contribution in [2.75, 3.05) is 33.5 Å². The molecule has 1 heterocycles. The second kappa shape index (κ2) is 7.58. The topological polar surface area (TPSA) is 39.7 Å². The van der Waals surface area contributed by atoms with Crippen molar-refractivity contribution < 1.29 is 14.2 Å². The Hall–Kier alpha value is -0.970. The monoisotopic (exact) mass is 285 g/mol. The third-order valence-corrected chi connectivity index (χ3v) is 3.17. The number of hydrogen-bond donors (Lipinski definition) is 1. The predicted octanol–water partition coefficient (Wildman–Crippen LogP) is 2.63. The van der Waals surface area contributed by atoms with Crippen LogP contribution in [0.15, 0.2) is 12.1 Å². The lowest BCUT2D eigenvalue weighted by atomic mass is 10.2. The molecule has 4 nitrogen and oxygen atoms in total. The van der Waals surface area contributed by atoms with Crippen LogP contribution >= 0.6 is 11.6 Å². The zero-order valence-electron chi connectivity index (χ0n) is 11.2. The number of rotatable bonds is 6. The van der Waals surface area contributed by atoms with E-state index >= 15 is 0 Å². The minimum Gasteiger partial charge on any atom is -0.489 e. The normalized spacial score (nSPS) is 14.2. The molecule has 1 aromatic rings. The van der Waals surface area contributed by atoms with Crippen LogP contribution in [0.3, 0.4) is 0 Å². The number of ether oxygens (including phenoxy) is 3. The van der Waals surface area contributed by atoms with Gasteiger partial charge in [-0.25, -0.2) is 0 Å². The molecule has 5 heteroatoms. The number of nitrogens with one attached hydrogen (secondary N) is 1. The summed E-state index contributed by atoms with van der Waals surface area (Å²) in [4.78, 5) is 0. The number of fused-ring (bicyclic) bond motifs is 1. The van der Waals surface area contributed by atoms with Crippen LogP contribution in [0.2, 0.25) is 5.02 Å². The molecule has 1 aromatic carbocycles. The first-order valence-electron chi connectivity index (χ1n) is 6.59. The molecule has 0 fully saturated rings. The molecule has 0 bridgehead atoms. The van der Waals surface area contributed by atoms with Crippen LogP contribution in [0, 0.1) is 0 Å². The van der Waals surface area contributed by atoms with Crippen LogP contribution in [0.5, 0.6) is 11.5 Å². The molecule has 0 spiro atoms. The standard InChI is InChI=1S/C14H20ClNO3/c1-17-5-2-4-16-10-11-8-12(15)14-13(9-11)18-6-3-7-19-14/h8-9,16H,2-7,10H2,1H3. The Morgan fingerprint density at radius 3 is 3.00 bits per heavy atom. The second-order valence-electron chi connectivity index (χ2n) is 4.48. The van der Waals surface area contributed by atoms with Gasteiger partial charge in [0.2, 0.25) is 0 Å². The van der Waals surface area contributed by atoms with Gasteiger partial charge < -0.3 is 19.5 Å². The van der Waals surface area contributed by atoms with Crippen molar-refractivity contribution in [3.05, 3.63) is 22.7 Å². The average molecular weight is 286 g/mol. The van der Waals surface area contributed by atoms with E-state index in [2.05, 4.69) is 5.32 Å². The third kappa shape index (κ3) is 4.27. The highest BCUT2D eigenvalue weighted by molar-refractivity contribution is 6.32. The van der Waals surface area contributed by atoms with Crippen molar-refractivity contribution >= 4 is 11.6 Å². The number of halogens is 1. The Morgan fingerprint density at radius 1 is 1.32 bits per heavy atom. The Kier molecular flexibility index (Phi) is 5.76. The Bertz CT molecular complexity index is 412. The fourth-order valence-electron chi connectivity index (χ4n) is 1.96. The van der Waals surface area contributed by atoms with E-state index in [1.807, 2.05) is 12.1 Å². The molecule has 2 rings (SSSR count). The van der Waals surface area contributed by atoms with E-state index in [9.17, 15) is 0 Å². The molecule has 0 aromatic heterocycles. The van der Waals surface area contributed by atoms with E-state index in [-0.39, 0.29) is 0 Å². The minimum absolute atomic E-state index is 0.619.